The molecule has 0 aromatic heterocycles. The van der Waals surface area contributed by atoms with Crippen molar-refractivity contribution < 1.29 is 14.6 Å². The van der Waals surface area contributed by atoms with Crippen molar-refractivity contribution in [3.8, 4) is 11.5 Å². The van der Waals surface area contributed by atoms with Gasteiger partial charge in [-0.05, 0) is 71.5 Å². The van der Waals surface area contributed by atoms with E-state index in [0.29, 0.717) is 11.4 Å². The number of phenolic OH excluding ortho intramolecular Hbond substituents is 1. The maximum Gasteiger partial charge on any atom is 0.262 e. The number of aryl methyl sites for hydroxylation is 1. The number of rotatable bonds is 4. The SMILES string of the molecule is Cc1ccc(NC(=O)COc2ccc(I)cc2)c(O)c1. The fourth-order valence-electron chi connectivity index (χ4n) is 1.61. The molecule has 0 atom stereocenters. The molecule has 0 aliphatic rings. The van der Waals surface area contributed by atoms with E-state index in [-0.39, 0.29) is 18.3 Å². The molecule has 2 aromatic rings. The van der Waals surface area contributed by atoms with E-state index in [2.05, 4.69) is 27.9 Å². The average Bonchev–Trinajstić information content (AvgIpc) is 2.41. The van der Waals surface area contributed by atoms with Crippen molar-refractivity contribution in [2.24, 2.45) is 0 Å². The summed E-state index contributed by atoms with van der Waals surface area (Å²) in [6.07, 6.45) is 0. The number of benzene rings is 2. The average molecular weight is 383 g/mol. The monoisotopic (exact) mass is 383 g/mol. The van der Waals surface area contributed by atoms with Gasteiger partial charge < -0.3 is 15.2 Å². The molecule has 0 spiro atoms. The zero-order chi connectivity index (χ0) is 14.5. The molecule has 0 heterocycles. The highest BCUT2D eigenvalue weighted by Crippen LogP contribution is 2.23. The van der Waals surface area contributed by atoms with Gasteiger partial charge in [0.05, 0.1) is 5.69 Å². The van der Waals surface area contributed by atoms with Crippen LogP contribution in [0.3, 0.4) is 0 Å². The number of amides is 1. The highest BCUT2D eigenvalue weighted by Gasteiger charge is 2.07. The summed E-state index contributed by atoms with van der Waals surface area (Å²) in [5.41, 5.74) is 1.31. The van der Waals surface area contributed by atoms with E-state index >= 15 is 0 Å². The predicted molar refractivity (Wildman–Crippen MR) is 86.1 cm³/mol. The van der Waals surface area contributed by atoms with Gasteiger partial charge in [-0.1, -0.05) is 6.07 Å². The summed E-state index contributed by atoms with van der Waals surface area (Å²) in [7, 11) is 0. The predicted octanol–water partition coefficient (Wildman–Crippen LogP) is 3.32. The van der Waals surface area contributed by atoms with Crippen molar-refractivity contribution in [3.63, 3.8) is 0 Å². The number of halogens is 1. The topological polar surface area (TPSA) is 58.6 Å². The number of aromatic hydroxyl groups is 1. The molecule has 2 aromatic carbocycles. The van der Waals surface area contributed by atoms with E-state index in [4.69, 9.17) is 4.74 Å². The summed E-state index contributed by atoms with van der Waals surface area (Å²) >= 11 is 2.20. The van der Waals surface area contributed by atoms with Crippen LogP contribution in [-0.2, 0) is 4.79 Å². The normalized spacial score (nSPS) is 10.1. The first-order valence-corrected chi connectivity index (χ1v) is 7.10. The molecular formula is C15H14INO3. The minimum atomic E-state index is -0.317. The molecule has 104 valence electrons. The van der Waals surface area contributed by atoms with Gasteiger partial charge in [-0.15, -0.1) is 0 Å². The summed E-state index contributed by atoms with van der Waals surface area (Å²) in [5.74, 6) is 0.365. The quantitative estimate of drug-likeness (QED) is 0.629. The van der Waals surface area contributed by atoms with Crippen LogP contribution in [0.1, 0.15) is 5.56 Å². The first-order valence-electron chi connectivity index (χ1n) is 6.02. The number of ether oxygens (including phenoxy) is 1. The van der Waals surface area contributed by atoms with E-state index < -0.39 is 0 Å². The molecule has 0 unspecified atom stereocenters. The lowest BCUT2D eigenvalue weighted by Crippen LogP contribution is -2.20. The molecule has 2 rings (SSSR count). The Balaban J connectivity index is 1.90. The van der Waals surface area contributed by atoms with E-state index in [1.807, 2.05) is 25.1 Å². The Hall–Kier alpha value is -1.76. The maximum atomic E-state index is 11.7. The molecular weight excluding hydrogens is 369 g/mol. The molecule has 0 saturated heterocycles. The maximum absolute atomic E-state index is 11.7. The zero-order valence-corrected chi connectivity index (χ0v) is 13.0. The lowest BCUT2D eigenvalue weighted by atomic mass is 10.2. The number of anilines is 1. The van der Waals surface area contributed by atoms with Gasteiger partial charge >= 0.3 is 0 Å². The van der Waals surface area contributed by atoms with Gasteiger partial charge in [-0.25, -0.2) is 0 Å². The molecule has 4 nitrogen and oxygen atoms in total. The van der Waals surface area contributed by atoms with Crippen LogP contribution in [-0.4, -0.2) is 17.6 Å². The molecule has 1 amide bonds. The lowest BCUT2D eigenvalue weighted by Gasteiger charge is -2.09. The van der Waals surface area contributed by atoms with E-state index in [0.717, 1.165) is 9.13 Å². The summed E-state index contributed by atoms with van der Waals surface area (Å²) in [6.45, 7) is 1.76. The molecule has 0 bridgehead atoms. The molecule has 5 heteroatoms. The summed E-state index contributed by atoms with van der Waals surface area (Å²) in [5, 5.41) is 12.3. The van der Waals surface area contributed by atoms with Crippen LogP contribution in [0.15, 0.2) is 42.5 Å². The largest absolute Gasteiger partial charge is 0.506 e. The third-order valence-electron chi connectivity index (χ3n) is 2.61. The van der Waals surface area contributed by atoms with Crippen LogP contribution in [0.25, 0.3) is 0 Å². The molecule has 2 N–H and O–H groups in total. The number of nitrogens with one attached hydrogen (secondary N) is 1. The second-order valence-corrected chi connectivity index (χ2v) is 5.56. The van der Waals surface area contributed by atoms with Crippen LogP contribution in [0.4, 0.5) is 5.69 Å². The Morgan fingerprint density at radius 3 is 2.60 bits per heavy atom. The second kappa shape index (κ2) is 6.60. The van der Waals surface area contributed by atoms with Crippen molar-refractivity contribution >= 4 is 34.2 Å². The first-order chi connectivity index (χ1) is 9.54. The number of carbonyl (C=O) groups excluding carboxylic acids is 1. The van der Waals surface area contributed by atoms with Gasteiger partial charge in [-0.3, -0.25) is 4.79 Å². The fourth-order valence-corrected chi connectivity index (χ4v) is 1.97. The van der Waals surface area contributed by atoms with Crippen molar-refractivity contribution in [3.05, 3.63) is 51.6 Å². The molecule has 20 heavy (non-hydrogen) atoms. The molecule has 0 radical (unpaired) electrons. The molecule has 0 fully saturated rings. The van der Waals surface area contributed by atoms with Gasteiger partial charge in [0.1, 0.15) is 11.5 Å². The lowest BCUT2D eigenvalue weighted by molar-refractivity contribution is -0.118. The fraction of sp³-hybridized carbons (Fsp3) is 0.133. The van der Waals surface area contributed by atoms with E-state index in [9.17, 15) is 9.90 Å². The minimum Gasteiger partial charge on any atom is -0.506 e. The highest BCUT2D eigenvalue weighted by atomic mass is 127. The van der Waals surface area contributed by atoms with Crippen molar-refractivity contribution in [1.82, 2.24) is 0 Å². The smallest absolute Gasteiger partial charge is 0.262 e. The number of phenols is 1. The molecule has 0 saturated carbocycles. The Morgan fingerprint density at radius 1 is 1.25 bits per heavy atom. The third-order valence-corrected chi connectivity index (χ3v) is 3.33. The summed E-state index contributed by atoms with van der Waals surface area (Å²) in [4.78, 5) is 11.7. The van der Waals surface area contributed by atoms with Gasteiger partial charge in [0.15, 0.2) is 6.61 Å². The van der Waals surface area contributed by atoms with Crippen molar-refractivity contribution in [2.75, 3.05) is 11.9 Å². The van der Waals surface area contributed by atoms with Crippen molar-refractivity contribution in [2.45, 2.75) is 6.92 Å². The Bertz CT molecular complexity index is 611. The van der Waals surface area contributed by atoms with Gasteiger partial charge in [0.2, 0.25) is 0 Å². The van der Waals surface area contributed by atoms with E-state index in [1.165, 1.54) is 0 Å². The Kier molecular flexibility index (Phi) is 4.84. The van der Waals surface area contributed by atoms with Crippen LogP contribution in [0.2, 0.25) is 0 Å². The van der Waals surface area contributed by atoms with Gasteiger partial charge in [-0.2, -0.15) is 0 Å². The standard InChI is InChI=1S/C15H14INO3/c1-10-2-7-13(14(18)8-10)17-15(19)9-20-12-5-3-11(16)4-6-12/h2-8,18H,9H2,1H3,(H,17,19). The highest BCUT2D eigenvalue weighted by molar-refractivity contribution is 14.1. The summed E-state index contributed by atoms with van der Waals surface area (Å²) in [6, 6.07) is 12.5. The first kappa shape index (κ1) is 14.6. The van der Waals surface area contributed by atoms with Crippen LogP contribution in [0, 0.1) is 10.5 Å². The number of hydrogen-bond donors (Lipinski definition) is 2. The van der Waals surface area contributed by atoms with Crippen LogP contribution in [0.5, 0.6) is 11.5 Å². The van der Waals surface area contributed by atoms with E-state index in [1.54, 1.807) is 24.3 Å². The van der Waals surface area contributed by atoms with Crippen LogP contribution >= 0.6 is 22.6 Å². The third kappa shape index (κ3) is 4.12. The number of hydrogen-bond acceptors (Lipinski definition) is 3. The summed E-state index contributed by atoms with van der Waals surface area (Å²) < 4.78 is 6.46. The number of carbonyl (C=O) groups is 1. The van der Waals surface area contributed by atoms with Gasteiger partial charge in [0, 0.05) is 3.57 Å². The Morgan fingerprint density at radius 2 is 1.95 bits per heavy atom. The van der Waals surface area contributed by atoms with Gasteiger partial charge in [0.25, 0.3) is 5.91 Å². The minimum absolute atomic E-state index is 0.0487. The zero-order valence-electron chi connectivity index (χ0n) is 10.9. The molecule has 0 aliphatic carbocycles. The molecule has 0 aliphatic heterocycles. The second-order valence-electron chi connectivity index (χ2n) is 4.31. The van der Waals surface area contributed by atoms with Crippen LogP contribution < -0.4 is 10.1 Å². The van der Waals surface area contributed by atoms with Crippen molar-refractivity contribution in [1.29, 1.82) is 0 Å². The Labute approximate surface area is 130 Å².